The molecule has 1 aliphatic rings. The number of anilines is 1. The lowest BCUT2D eigenvalue weighted by Gasteiger charge is -2.40. The van der Waals surface area contributed by atoms with Gasteiger partial charge in [0, 0.05) is 31.2 Å². The van der Waals surface area contributed by atoms with Gasteiger partial charge in [0.05, 0.1) is 0 Å². The molecule has 4 nitrogen and oxygen atoms in total. The first-order chi connectivity index (χ1) is 11.0. The molecule has 6 heteroatoms. The summed E-state index contributed by atoms with van der Waals surface area (Å²) in [6.45, 7) is 3.47. The molecule has 23 heavy (non-hydrogen) atoms. The number of rotatable bonds is 2. The molecule has 2 heterocycles. The number of hydrogen-bond donors (Lipinski definition) is 0. The van der Waals surface area contributed by atoms with Crippen molar-refractivity contribution in [3.8, 4) is 0 Å². The molecule has 0 bridgehead atoms. The van der Waals surface area contributed by atoms with Crippen molar-refractivity contribution in [2.75, 3.05) is 24.5 Å². The summed E-state index contributed by atoms with van der Waals surface area (Å²) in [6.07, 6.45) is 0. The average Bonchev–Trinajstić information content (AvgIpc) is 2.54. The summed E-state index contributed by atoms with van der Waals surface area (Å²) < 4.78 is 26.5. The van der Waals surface area contributed by atoms with Gasteiger partial charge in [-0.25, -0.2) is 9.37 Å². The summed E-state index contributed by atoms with van der Waals surface area (Å²) in [5.41, 5.74) is 0.342. The monoisotopic (exact) mass is 317 g/mol. The van der Waals surface area contributed by atoms with Gasteiger partial charge >= 0.3 is 0 Å². The van der Waals surface area contributed by atoms with E-state index in [1.165, 1.54) is 24.3 Å². The van der Waals surface area contributed by atoms with E-state index in [-0.39, 0.29) is 11.9 Å². The van der Waals surface area contributed by atoms with E-state index >= 15 is 0 Å². The maximum absolute atomic E-state index is 13.3. The van der Waals surface area contributed by atoms with Gasteiger partial charge in [0.15, 0.2) is 0 Å². The number of carbonyl (C=O) groups is 1. The third-order valence-electron chi connectivity index (χ3n) is 3.98. The summed E-state index contributed by atoms with van der Waals surface area (Å²) in [7, 11) is 0. The second-order valence-electron chi connectivity index (χ2n) is 5.62. The number of halogens is 2. The highest BCUT2D eigenvalue weighted by atomic mass is 19.1. The lowest BCUT2D eigenvalue weighted by atomic mass is 10.1. The zero-order chi connectivity index (χ0) is 16.4. The highest BCUT2D eigenvalue weighted by molar-refractivity contribution is 5.94. The summed E-state index contributed by atoms with van der Waals surface area (Å²) in [5, 5.41) is 0. The van der Waals surface area contributed by atoms with Crippen LogP contribution >= 0.6 is 0 Å². The number of nitrogens with zero attached hydrogens (tertiary/aromatic N) is 3. The molecule has 0 N–H and O–H groups in total. The molecular weight excluding hydrogens is 300 g/mol. The number of piperazine rings is 1. The van der Waals surface area contributed by atoms with E-state index in [0.717, 1.165) is 0 Å². The third-order valence-corrected chi connectivity index (χ3v) is 3.98. The Morgan fingerprint density at radius 2 is 1.96 bits per heavy atom. The van der Waals surface area contributed by atoms with Crippen molar-refractivity contribution in [2.45, 2.75) is 13.0 Å². The van der Waals surface area contributed by atoms with Gasteiger partial charge in [-0.05, 0) is 37.3 Å². The molecule has 1 unspecified atom stereocenters. The predicted molar refractivity (Wildman–Crippen MR) is 83.3 cm³/mol. The van der Waals surface area contributed by atoms with Crippen LogP contribution in [-0.2, 0) is 0 Å². The molecule has 0 aliphatic carbocycles. The quantitative estimate of drug-likeness (QED) is 0.799. The van der Waals surface area contributed by atoms with E-state index in [1.807, 2.05) is 11.8 Å². The van der Waals surface area contributed by atoms with Crippen LogP contribution in [0.15, 0.2) is 42.5 Å². The summed E-state index contributed by atoms with van der Waals surface area (Å²) in [6, 6.07) is 10.4. The Hall–Kier alpha value is -2.50. The highest BCUT2D eigenvalue weighted by Gasteiger charge is 2.28. The molecule has 120 valence electrons. The molecule has 1 fully saturated rings. The number of pyridine rings is 1. The fourth-order valence-electron chi connectivity index (χ4n) is 2.84. The predicted octanol–water partition coefficient (Wildman–Crippen LogP) is 2.71. The minimum atomic E-state index is -0.520. The Morgan fingerprint density at radius 3 is 2.65 bits per heavy atom. The summed E-state index contributed by atoms with van der Waals surface area (Å²) >= 11 is 0. The van der Waals surface area contributed by atoms with Gasteiger partial charge < -0.3 is 9.80 Å². The topological polar surface area (TPSA) is 36.4 Å². The van der Waals surface area contributed by atoms with Crippen LogP contribution in [0.25, 0.3) is 0 Å². The van der Waals surface area contributed by atoms with Crippen LogP contribution in [0.4, 0.5) is 14.6 Å². The standard InChI is InChI=1S/C17H17F2N3O/c1-12-11-21(17(23)13-4-2-5-14(18)10-13)8-9-22(12)16-7-3-6-15(19)20-16/h2-7,10,12H,8-9,11H2,1H3. The maximum Gasteiger partial charge on any atom is 0.254 e. The van der Waals surface area contributed by atoms with Gasteiger partial charge in [0.2, 0.25) is 5.95 Å². The molecule has 3 rings (SSSR count). The van der Waals surface area contributed by atoms with Crippen LogP contribution in [0, 0.1) is 11.8 Å². The van der Waals surface area contributed by atoms with Gasteiger partial charge in [-0.1, -0.05) is 12.1 Å². The van der Waals surface area contributed by atoms with Crippen LogP contribution in [-0.4, -0.2) is 41.5 Å². The van der Waals surface area contributed by atoms with Gasteiger partial charge in [0.25, 0.3) is 5.91 Å². The molecule has 2 aromatic rings. The zero-order valence-corrected chi connectivity index (χ0v) is 12.7. The smallest absolute Gasteiger partial charge is 0.254 e. The molecule has 1 atom stereocenters. The first-order valence-corrected chi connectivity index (χ1v) is 7.48. The Morgan fingerprint density at radius 1 is 1.17 bits per heavy atom. The van der Waals surface area contributed by atoms with Crippen molar-refractivity contribution < 1.29 is 13.6 Å². The van der Waals surface area contributed by atoms with E-state index in [0.29, 0.717) is 31.0 Å². The maximum atomic E-state index is 13.3. The minimum Gasteiger partial charge on any atom is -0.350 e. The van der Waals surface area contributed by atoms with Crippen molar-refractivity contribution in [1.29, 1.82) is 0 Å². The number of carbonyl (C=O) groups excluding carboxylic acids is 1. The Bertz CT molecular complexity index is 722. The molecule has 0 spiro atoms. The van der Waals surface area contributed by atoms with Crippen molar-refractivity contribution in [3.05, 3.63) is 59.8 Å². The molecule has 1 aromatic carbocycles. The second-order valence-corrected chi connectivity index (χ2v) is 5.62. The van der Waals surface area contributed by atoms with Gasteiger partial charge in [-0.2, -0.15) is 4.39 Å². The average molecular weight is 317 g/mol. The molecule has 1 aliphatic heterocycles. The minimum absolute atomic E-state index is 0.00411. The molecule has 1 amide bonds. The van der Waals surface area contributed by atoms with Crippen molar-refractivity contribution >= 4 is 11.7 Å². The lowest BCUT2D eigenvalue weighted by molar-refractivity contribution is 0.0725. The van der Waals surface area contributed by atoms with Crippen LogP contribution < -0.4 is 4.90 Å². The number of amides is 1. The molecular formula is C17H17F2N3O. The van der Waals surface area contributed by atoms with E-state index in [1.54, 1.807) is 23.1 Å². The molecule has 0 radical (unpaired) electrons. The van der Waals surface area contributed by atoms with Crippen LogP contribution in [0.3, 0.4) is 0 Å². The largest absolute Gasteiger partial charge is 0.350 e. The summed E-state index contributed by atoms with van der Waals surface area (Å²) in [5.74, 6) is -0.571. The first-order valence-electron chi connectivity index (χ1n) is 7.48. The van der Waals surface area contributed by atoms with E-state index < -0.39 is 11.8 Å². The van der Waals surface area contributed by atoms with Crippen LogP contribution in [0.1, 0.15) is 17.3 Å². The Kier molecular flexibility index (Phi) is 4.23. The van der Waals surface area contributed by atoms with Crippen molar-refractivity contribution in [1.82, 2.24) is 9.88 Å². The summed E-state index contributed by atoms with van der Waals surface area (Å²) in [4.78, 5) is 20.0. The first kappa shape index (κ1) is 15.4. The second kappa shape index (κ2) is 6.32. The Labute approximate surface area is 133 Å². The van der Waals surface area contributed by atoms with Gasteiger partial charge in [-0.3, -0.25) is 4.79 Å². The fraction of sp³-hybridized carbons (Fsp3) is 0.294. The third kappa shape index (κ3) is 3.31. The Balaban J connectivity index is 1.72. The van der Waals surface area contributed by atoms with E-state index in [4.69, 9.17) is 0 Å². The lowest BCUT2D eigenvalue weighted by Crippen LogP contribution is -2.54. The van der Waals surface area contributed by atoms with Crippen molar-refractivity contribution in [3.63, 3.8) is 0 Å². The molecule has 1 aromatic heterocycles. The van der Waals surface area contributed by atoms with Crippen LogP contribution in [0.5, 0.6) is 0 Å². The van der Waals surface area contributed by atoms with Crippen LogP contribution in [0.2, 0.25) is 0 Å². The highest BCUT2D eigenvalue weighted by Crippen LogP contribution is 2.20. The normalized spacial score (nSPS) is 18.1. The number of benzene rings is 1. The van der Waals surface area contributed by atoms with E-state index in [2.05, 4.69) is 4.98 Å². The zero-order valence-electron chi connectivity index (χ0n) is 12.7. The molecule has 0 saturated carbocycles. The van der Waals surface area contributed by atoms with E-state index in [9.17, 15) is 13.6 Å². The van der Waals surface area contributed by atoms with Crippen molar-refractivity contribution in [2.24, 2.45) is 0 Å². The van der Waals surface area contributed by atoms with Gasteiger partial charge in [0.1, 0.15) is 11.6 Å². The SMILES string of the molecule is CC1CN(C(=O)c2cccc(F)c2)CCN1c1cccc(F)n1. The molecule has 1 saturated heterocycles. The van der Waals surface area contributed by atoms with Gasteiger partial charge in [-0.15, -0.1) is 0 Å². The number of hydrogen-bond acceptors (Lipinski definition) is 3. The fourth-order valence-corrected chi connectivity index (χ4v) is 2.84. The number of aromatic nitrogens is 1.